The van der Waals surface area contributed by atoms with Crippen LogP contribution in [0.3, 0.4) is 0 Å². The van der Waals surface area contributed by atoms with Crippen LogP contribution in [0.2, 0.25) is 0 Å². The normalized spacial score (nSPS) is 10.6. The number of hydrogen-bond acceptors (Lipinski definition) is 5. The number of methoxy groups -OCH3 is 1. The molecule has 0 fully saturated rings. The molecule has 0 spiro atoms. The molecule has 1 aromatic carbocycles. The summed E-state index contributed by atoms with van der Waals surface area (Å²) in [5.74, 6) is 0.344. The number of halogens is 1. The highest BCUT2D eigenvalue weighted by atomic mass is 19.1. The number of amides is 1. The molecular formula is C17H16FN5O2. The van der Waals surface area contributed by atoms with E-state index in [4.69, 9.17) is 10.5 Å². The van der Waals surface area contributed by atoms with Crippen molar-refractivity contribution in [2.24, 2.45) is 5.73 Å². The minimum Gasteiger partial charge on any atom is -0.480 e. The van der Waals surface area contributed by atoms with Crippen molar-refractivity contribution in [1.82, 2.24) is 19.7 Å². The van der Waals surface area contributed by atoms with Gasteiger partial charge in [0.25, 0.3) is 0 Å². The molecule has 0 aliphatic heterocycles. The lowest BCUT2D eigenvalue weighted by Crippen LogP contribution is -2.15. The van der Waals surface area contributed by atoms with E-state index < -0.39 is 5.91 Å². The molecule has 0 bridgehead atoms. The number of pyridine rings is 1. The first-order chi connectivity index (χ1) is 12.1. The minimum absolute atomic E-state index is 0.0774. The van der Waals surface area contributed by atoms with Crippen LogP contribution in [-0.2, 0) is 17.8 Å². The number of nitrogens with zero attached hydrogens (tertiary/aromatic N) is 4. The second-order valence-corrected chi connectivity index (χ2v) is 5.34. The van der Waals surface area contributed by atoms with Gasteiger partial charge in [-0.3, -0.25) is 4.79 Å². The summed E-state index contributed by atoms with van der Waals surface area (Å²) in [6.07, 6.45) is 1.53. The zero-order valence-corrected chi connectivity index (χ0v) is 13.5. The van der Waals surface area contributed by atoms with Gasteiger partial charge in [0, 0.05) is 6.20 Å². The van der Waals surface area contributed by atoms with Gasteiger partial charge >= 0.3 is 0 Å². The summed E-state index contributed by atoms with van der Waals surface area (Å²) in [4.78, 5) is 19.8. The first kappa shape index (κ1) is 16.6. The molecule has 0 aliphatic carbocycles. The smallest absolute Gasteiger partial charge is 0.225 e. The van der Waals surface area contributed by atoms with Crippen molar-refractivity contribution in [2.45, 2.75) is 13.0 Å². The van der Waals surface area contributed by atoms with Gasteiger partial charge in [-0.1, -0.05) is 12.1 Å². The molecule has 0 unspecified atom stereocenters. The van der Waals surface area contributed by atoms with Crippen LogP contribution in [-0.4, -0.2) is 32.8 Å². The molecule has 0 saturated carbocycles. The van der Waals surface area contributed by atoms with E-state index in [-0.39, 0.29) is 12.2 Å². The van der Waals surface area contributed by atoms with Gasteiger partial charge in [0.15, 0.2) is 11.6 Å². The fourth-order valence-electron chi connectivity index (χ4n) is 2.42. The molecule has 2 aromatic heterocycles. The Bertz CT molecular complexity index is 892. The highest BCUT2D eigenvalue weighted by molar-refractivity contribution is 5.76. The van der Waals surface area contributed by atoms with Crippen LogP contribution < -0.4 is 10.5 Å². The SMILES string of the molecule is COc1ncccc1-c1nc(CC(N)=O)nn1Cc1ccc(F)cc1. The summed E-state index contributed by atoms with van der Waals surface area (Å²) in [6.45, 7) is 0.347. The number of benzene rings is 1. The van der Waals surface area contributed by atoms with E-state index in [1.807, 2.05) is 0 Å². The van der Waals surface area contributed by atoms with Gasteiger partial charge in [0.1, 0.15) is 5.82 Å². The fourth-order valence-corrected chi connectivity index (χ4v) is 2.42. The average molecular weight is 341 g/mol. The van der Waals surface area contributed by atoms with Gasteiger partial charge in [-0.05, 0) is 29.8 Å². The Morgan fingerprint density at radius 3 is 2.72 bits per heavy atom. The lowest BCUT2D eigenvalue weighted by molar-refractivity contribution is -0.117. The molecular weight excluding hydrogens is 325 g/mol. The van der Waals surface area contributed by atoms with E-state index in [9.17, 15) is 9.18 Å². The molecule has 2 N–H and O–H groups in total. The third kappa shape index (κ3) is 3.79. The standard InChI is InChI=1S/C17H16FN5O2/c1-25-17-13(3-2-8-20-17)16-21-15(9-14(19)24)22-23(16)10-11-4-6-12(18)7-5-11/h2-8H,9-10H2,1H3,(H2,19,24). The van der Waals surface area contributed by atoms with Crippen molar-refractivity contribution in [3.05, 3.63) is 59.8 Å². The van der Waals surface area contributed by atoms with Gasteiger partial charge in [-0.15, -0.1) is 0 Å². The van der Waals surface area contributed by atoms with Crippen LogP contribution in [0.5, 0.6) is 5.88 Å². The van der Waals surface area contributed by atoms with E-state index in [1.165, 1.54) is 19.2 Å². The summed E-state index contributed by atoms with van der Waals surface area (Å²) < 4.78 is 20.0. The summed E-state index contributed by atoms with van der Waals surface area (Å²) in [6, 6.07) is 9.62. The maximum Gasteiger partial charge on any atom is 0.225 e. The van der Waals surface area contributed by atoms with Crippen LogP contribution in [0, 0.1) is 5.82 Å². The molecule has 7 nitrogen and oxygen atoms in total. The summed E-state index contributed by atoms with van der Waals surface area (Å²) >= 11 is 0. The Labute approximate surface area is 143 Å². The Morgan fingerprint density at radius 1 is 1.28 bits per heavy atom. The fraction of sp³-hybridized carbons (Fsp3) is 0.176. The van der Waals surface area contributed by atoms with Crippen LogP contribution in [0.15, 0.2) is 42.6 Å². The van der Waals surface area contributed by atoms with Gasteiger partial charge in [0.2, 0.25) is 11.8 Å². The number of carbonyl (C=O) groups is 1. The number of carbonyl (C=O) groups excluding carboxylic acids is 1. The van der Waals surface area contributed by atoms with Crippen LogP contribution in [0.25, 0.3) is 11.4 Å². The van der Waals surface area contributed by atoms with E-state index in [1.54, 1.807) is 35.1 Å². The van der Waals surface area contributed by atoms with Gasteiger partial charge in [-0.2, -0.15) is 5.10 Å². The quantitative estimate of drug-likeness (QED) is 0.734. The molecule has 2 heterocycles. The number of rotatable bonds is 6. The first-order valence-corrected chi connectivity index (χ1v) is 7.52. The highest BCUT2D eigenvalue weighted by Crippen LogP contribution is 2.26. The number of primary amides is 1. The summed E-state index contributed by atoms with van der Waals surface area (Å²) in [5.41, 5.74) is 6.71. The topological polar surface area (TPSA) is 95.9 Å². The predicted octanol–water partition coefficient (Wildman–Crippen LogP) is 1.56. The molecule has 1 amide bonds. The van der Waals surface area contributed by atoms with Crippen LogP contribution in [0.4, 0.5) is 4.39 Å². The molecule has 8 heteroatoms. The monoisotopic (exact) mass is 341 g/mol. The molecule has 0 atom stereocenters. The number of aromatic nitrogens is 4. The average Bonchev–Trinajstić information content (AvgIpc) is 2.98. The van der Waals surface area contributed by atoms with Gasteiger partial charge in [-0.25, -0.2) is 19.0 Å². The maximum atomic E-state index is 13.1. The first-order valence-electron chi connectivity index (χ1n) is 7.52. The third-order valence-electron chi connectivity index (χ3n) is 3.50. The largest absolute Gasteiger partial charge is 0.480 e. The van der Waals surface area contributed by atoms with Crippen molar-refractivity contribution in [1.29, 1.82) is 0 Å². The number of nitrogens with two attached hydrogens (primary N) is 1. The Morgan fingerprint density at radius 2 is 2.04 bits per heavy atom. The van der Waals surface area contributed by atoms with Crippen molar-refractivity contribution in [2.75, 3.05) is 7.11 Å². The molecule has 0 saturated heterocycles. The lowest BCUT2D eigenvalue weighted by atomic mass is 10.2. The summed E-state index contributed by atoms with van der Waals surface area (Å²) in [7, 11) is 1.51. The van der Waals surface area contributed by atoms with E-state index in [2.05, 4.69) is 15.1 Å². The zero-order chi connectivity index (χ0) is 17.8. The predicted molar refractivity (Wildman–Crippen MR) is 88.2 cm³/mol. The van der Waals surface area contributed by atoms with Crippen molar-refractivity contribution >= 4 is 5.91 Å². The molecule has 0 radical (unpaired) electrons. The molecule has 3 rings (SSSR count). The Kier molecular flexibility index (Phi) is 4.69. The second-order valence-electron chi connectivity index (χ2n) is 5.34. The summed E-state index contributed by atoms with van der Waals surface area (Å²) in [5, 5.41) is 4.35. The Balaban J connectivity index is 2.04. The number of hydrogen-bond donors (Lipinski definition) is 1. The number of ether oxygens (including phenoxy) is 1. The van der Waals surface area contributed by atoms with Crippen molar-refractivity contribution in [3.63, 3.8) is 0 Å². The third-order valence-corrected chi connectivity index (χ3v) is 3.50. The van der Waals surface area contributed by atoms with E-state index in [0.717, 1.165) is 5.56 Å². The lowest BCUT2D eigenvalue weighted by Gasteiger charge is -2.09. The van der Waals surface area contributed by atoms with E-state index in [0.29, 0.717) is 29.6 Å². The second kappa shape index (κ2) is 7.08. The molecule has 25 heavy (non-hydrogen) atoms. The maximum absolute atomic E-state index is 13.1. The van der Waals surface area contributed by atoms with E-state index >= 15 is 0 Å². The van der Waals surface area contributed by atoms with Crippen molar-refractivity contribution in [3.8, 4) is 17.3 Å². The molecule has 3 aromatic rings. The molecule has 128 valence electrons. The van der Waals surface area contributed by atoms with Gasteiger partial charge < -0.3 is 10.5 Å². The highest BCUT2D eigenvalue weighted by Gasteiger charge is 2.17. The van der Waals surface area contributed by atoms with Crippen LogP contribution >= 0.6 is 0 Å². The Hall–Kier alpha value is -3.29. The van der Waals surface area contributed by atoms with Gasteiger partial charge in [0.05, 0.1) is 25.6 Å². The van der Waals surface area contributed by atoms with Crippen molar-refractivity contribution < 1.29 is 13.9 Å². The minimum atomic E-state index is -0.524. The zero-order valence-electron chi connectivity index (χ0n) is 13.5. The van der Waals surface area contributed by atoms with Crippen LogP contribution in [0.1, 0.15) is 11.4 Å². The molecule has 0 aliphatic rings.